The molecule has 3 aromatic rings. The van der Waals surface area contributed by atoms with Crippen LogP contribution in [-0.2, 0) is 6.61 Å². The maximum absolute atomic E-state index is 10.5. The van der Waals surface area contributed by atoms with E-state index in [1.165, 1.54) is 17.9 Å². The molecule has 0 saturated carbocycles. The van der Waals surface area contributed by atoms with Crippen LogP contribution >= 0.6 is 11.7 Å². The zero-order valence-corrected chi connectivity index (χ0v) is 12.8. The van der Waals surface area contributed by atoms with Gasteiger partial charge in [0.25, 0.3) is 0 Å². The molecule has 7 nitrogen and oxygen atoms in total. The van der Waals surface area contributed by atoms with E-state index >= 15 is 0 Å². The monoisotopic (exact) mass is 327 g/mol. The average molecular weight is 327 g/mol. The summed E-state index contributed by atoms with van der Waals surface area (Å²) >= 11 is 1.20. The number of urea groups is 1. The van der Waals surface area contributed by atoms with Gasteiger partial charge in [-0.25, -0.2) is 10.2 Å². The van der Waals surface area contributed by atoms with Crippen molar-refractivity contribution < 1.29 is 9.53 Å². The molecule has 8 heteroatoms. The van der Waals surface area contributed by atoms with Gasteiger partial charge >= 0.3 is 6.03 Å². The van der Waals surface area contributed by atoms with Gasteiger partial charge in [0, 0.05) is 0 Å². The number of nitrogens with zero attached hydrogens (tertiary/aromatic N) is 3. The first-order valence-corrected chi connectivity index (χ1v) is 7.46. The maximum Gasteiger partial charge on any atom is 0.332 e. The summed E-state index contributed by atoms with van der Waals surface area (Å²) < 4.78 is 14.1. The molecule has 1 heterocycles. The molecule has 0 saturated heterocycles. The van der Waals surface area contributed by atoms with Crippen molar-refractivity contribution >= 4 is 35.0 Å². The molecule has 3 N–H and O–H groups in total. The smallest absolute Gasteiger partial charge is 0.332 e. The van der Waals surface area contributed by atoms with E-state index in [2.05, 4.69) is 19.3 Å². The predicted octanol–water partition coefficient (Wildman–Crippen LogP) is 2.27. The Labute approximate surface area is 136 Å². The van der Waals surface area contributed by atoms with Crippen molar-refractivity contribution in [3.8, 4) is 5.75 Å². The van der Waals surface area contributed by atoms with Gasteiger partial charge in [0.05, 0.1) is 17.9 Å². The normalized spacial score (nSPS) is 11.0. The number of ether oxygens (including phenoxy) is 1. The standard InChI is InChI=1S/C15H13N5O2S/c16-15(21)18-17-8-10-1-4-12(5-2-10)22-9-11-3-6-13-14(7-11)20-23-19-13/h1-8H,9H2,(H3,16,18,21). The summed E-state index contributed by atoms with van der Waals surface area (Å²) in [5.74, 6) is 0.738. The van der Waals surface area contributed by atoms with Crippen LogP contribution in [-0.4, -0.2) is 21.0 Å². The summed E-state index contributed by atoms with van der Waals surface area (Å²) in [5.41, 5.74) is 10.7. The van der Waals surface area contributed by atoms with Gasteiger partial charge in [-0.15, -0.1) is 0 Å². The van der Waals surface area contributed by atoms with Crippen molar-refractivity contribution in [2.45, 2.75) is 6.61 Å². The van der Waals surface area contributed by atoms with Crippen LogP contribution in [0, 0.1) is 0 Å². The van der Waals surface area contributed by atoms with Crippen molar-refractivity contribution in [2.24, 2.45) is 10.8 Å². The Morgan fingerprint density at radius 3 is 2.78 bits per heavy atom. The summed E-state index contributed by atoms with van der Waals surface area (Å²) in [6, 6.07) is 12.5. The number of hydrogen-bond acceptors (Lipinski definition) is 6. The van der Waals surface area contributed by atoms with Crippen molar-refractivity contribution in [1.82, 2.24) is 14.2 Å². The Balaban J connectivity index is 1.59. The Kier molecular flexibility index (Phi) is 4.44. The highest BCUT2D eigenvalue weighted by Crippen LogP contribution is 2.17. The van der Waals surface area contributed by atoms with Gasteiger partial charge in [-0.2, -0.15) is 13.8 Å². The minimum Gasteiger partial charge on any atom is -0.489 e. The van der Waals surface area contributed by atoms with Crippen LogP contribution in [0.4, 0.5) is 4.79 Å². The lowest BCUT2D eigenvalue weighted by Crippen LogP contribution is -2.24. The Morgan fingerprint density at radius 1 is 1.22 bits per heavy atom. The largest absolute Gasteiger partial charge is 0.489 e. The summed E-state index contributed by atoms with van der Waals surface area (Å²) in [6.07, 6.45) is 1.50. The van der Waals surface area contributed by atoms with Crippen molar-refractivity contribution in [1.29, 1.82) is 0 Å². The SMILES string of the molecule is NC(=O)NN=Cc1ccc(OCc2ccc3nsnc3c2)cc1. The lowest BCUT2D eigenvalue weighted by molar-refractivity contribution is 0.249. The fourth-order valence-corrected chi connectivity index (χ4v) is 2.42. The molecule has 0 aliphatic carbocycles. The molecule has 116 valence electrons. The van der Waals surface area contributed by atoms with Crippen molar-refractivity contribution in [3.63, 3.8) is 0 Å². The number of carbonyl (C=O) groups excluding carboxylic acids is 1. The minimum absolute atomic E-state index is 0.449. The molecule has 2 aromatic carbocycles. The summed E-state index contributed by atoms with van der Waals surface area (Å²) in [5, 5.41) is 3.69. The summed E-state index contributed by atoms with van der Waals surface area (Å²) in [4.78, 5) is 10.5. The van der Waals surface area contributed by atoms with Gasteiger partial charge in [-0.3, -0.25) is 0 Å². The molecule has 2 amide bonds. The van der Waals surface area contributed by atoms with E-state index in [1.807, 2.05) is 42.5 Å². The second-order valence-corrected chi connectivity index (χ2v) is 5.21. The zero-order chi connectivity index (χ0) is 16.1. The fourth-order valence-electron chi connectivity index (χ4n) is 1.90. The van der Waals surface area contributed by atoms with E-state index in [-0.39, 0.29) is 0 Å². The van der Waals surface area contributed by atoms with Crippen LogP contribution in [0.15, 0.2) is 47.6 Å². The maximum atomic E-state index is 10.5. The number of fused-ring (bicyclic) bond motifs is 1. The van der Waals surface area contributed by atoms with Gasteiger partial charge in [-0.1, -0.05) is 6.07 Å². The third-order valence-electron chi connectivity index (χ3n) is 2.99. The predicted molar refractivity (Wildman–Crippen MR) is 88.5 cm³/mol. The Bertz CT molecular complexity index is 844. The highest BCUT2D eigenvalue weighted by atomic mass is 32.1. The molecule has 0 fully saturated rings. The van der Waals surface area contributed by atoms with Crippen molar-refractivity contribution in [2.75, 3.05) is 0 Å². The molecule has 0 atom stereocenters. The Hall–Kier alpha value is -3.00. The zero-order valence-electron chi connectivity index (χ0n) is 12.0. The van der Waals surface area contributed by atoms with Gasteiger partial charge in [0.15, 0.2) is 0 Å². The van der Waals surface area contributed by atoms with E-state index in [4.69, 9.17) is 10.5 Å². The van der Waals surface area contributed by atoms with Crippen LogP contribution in [0.2, 0.25) is 0 Å². The lowest BCUT2D eigenvalue weighted by atomic mass is 10.2. The van der Waals surface area contributed by atoms with Gasteiger partial charge in [-0.05, 0) is 47.5 Å². The minimum atomic E-state index is -0.700. The number of nitrogens with one attached hydrogen (secondary N) is 1. The van der Waals surface area contributed by atoms with E-state index in [9.17, 15) is 4.79 Å². The third-order valence-corrected chi connectivity index (χ3v) is 3.55. The molecule has 0 aliphatic heterocycles. The molecule has 1 aromatic heterocycles. The van der Waals surface area contributed by atoms with Gasteiger partial charge < -0.3 is 10.5 Å². The molecule has 0 unspecified atom stereocenters. The number of primary amides is 1. The van der Waals surface area contributed by atoms with Crippen LogP contribution in [0.25, 0.3) is 11.0 Å². The number of hydrazone groups is 1. The van der Waals surface area contributed by atoms with Gasteiger partial charge in [0.1, 0.15) is 23.4 Å². The van der Waals surface area contributed by atoms with E-state index < -0.39 is 6.03 Å². The first kappa shape index (κ1) is 14.9. The first-order valence-electron chi connectivity index (χ1n) is 6.73. The number of amides is 2. The lowest BCUT2D eigenvalue weighted by Gasteiger charge is -2.06. The third kappa shape index (κ3) is 4.01. The van der Waals surface area contributed by atoms with Crippen LogP contribution in [0.1, 0.15) is 11.1 Å². The summed E-state index contributed by atoms with van der Waals surface area (Å²) in [6.45, 7) is 0.449. The molecular weight excluding hydrogens is 314 g/mol. The second kappa shape index (κ2) is 6.84. The van der Waals surface area contributed by atoms with Crippen LogP contribution < -0.4 is 15.9 Å². The first-order chi connectivity index (χ1) is 11.2. The van der Waals surface area contributed by atoms with Crippen LogP contribution in [0.5, 0.6) is 5.75 Å². The van der Waals surface area contributed by atoms with Crippen LogP contribution in [0.3, 0.4) is 0 Å². The van der Waals surface area contributed by atoms with E-state index in [0.29, 0.717) is 6.61 Å². The quantitative estimate of drug-likeness (QED) is 0.554. The van der Waals surface area contributed by atoms with E-state index in [1.54, 1.807) is 0 Å². The number of carbonyl (C=O) groups is 1. The highest BCUT2D eigenvalue weighted by molar-refractivity contribution is 7.00. The molecule has 0 bridgehead atoms. The van der Waals surface area contributed by atoms with Gasteiger partial charge in [0.2, 0.25) is 0 Å². The molecular formula is C15H13N5O2S. The summed E-state index contributed by atoms with van der Waals surface area (Å²) in [7, 11) is 0. The topological polar surface area (TPSA) is 102 Å². The molecule has 3 rings (SSSR count). The van der Waals surface area contributed by atoms with Crippen molar-refractivity contribution in [3.05, 3.63) is 53.6 Å². The fraction of sp³-hybridized carbons (Fsp3) is 0.0667. The highest BCUT2D eigenvalue weighted by Gasteiger charge is 2.01. The number of aromatic nitrogens is 2. The van der Waals surface area contributed by atoms with E-state index in [0.717, 1.165) is 27.9 Å². The average Bonchev–Trinajstić information content (AvgIpc) is 3.01. The number of benzene rings is 2. The second-order valence-electron chi connectivity index (χ2n) is 4.68. The number of hydrogen-bond donors (Lipinski definition) is 2. The number of rotatable bonds is 5. The number of nitrogens with two attached hydrogens (primary N) is 1. The Morgan fingerprint density at radius 2 is 2.00 bits per heavy atom. The molecule has 23 heavy (non-hydrogen) atoms. The molecule has 0 aliphatic rings. The molecule has 0 spiro atoms. The molecule has 0 radical (unpaired) electrons.